The molecule has 0 aliphatic heterocycles. The average molecular weight is 303 g/mol. The highest BCUT2D eigenvalue weighted by atomic mass is 35.5. The standard InChI is InChI=1S/C13H13ClF2N2O2/c14-7-12-17-10-4-2-1-3-9(10)13(19)18(12)5-6-20-8-11(15)16/h1-4,11H,5-8H2. The Labute approximate surface area is 118 Å². The van der Waals surface area contributed by atoms with Crippen LogP contribution in [0.25, 0.3) is 10.9 Å². The summed E-state index contributed by atoms with van der Waals surface area (Å²) in [5.41, 5.74) is 0.324. The van der Waals surface area contributed by atoms with Gasteiger partial charge in [-0.3, -0.25) is 9.36 Å². The fraction of sp³-hybridized carbons (Fsp3) is 0.385. The van der Waals surface area contributed by atoms with Crippen molar-refractivity contribution in [3.63, 3.8) is 0 Å². The number of halogens is 3. The van der Waals surface area contributed by atoms with Gasteiger partial charge in [-0.05, 0) is 12.1 Å². The summed E-state index contributed by atoms with van der Waals surface area (Å²) in [5, 5.41) is 0.468. The summed E-state index contributed by atoms with van der Waals surface area (Å²) in [6.07, 6.45) is -2.52. The van der Waals surface area contributed by atoms with E-state index >= 15 is 0 Å². The molecule has 0 radical (unpaired) electrons. The number of ether oxygens (including phenoxy) is 1. The zero-order valence-electron chi connectivity index (χ0n) is 10.6. The van der Waals surface area contributed by atoms with E-state index < -0.39 is 13.0 Å². The van der Waals surface area contributed by atoms with E-state index in [0.717, 1.165) is 0 Å². The molecule has 0 unspecified atom stereocenters. The Morgan fingerprint density at radius 3 is 2.80 bits per heavy atom. The van der Waals surface area contributed by atoms with Crippen molar-refractivity contribution in [1.29, 1.82) is 0 Å². The number of aromatic nitrogens is 2. The van der Waals surface area contributed by atoms with Crippen LogP contribution in [0.5, 0.6) is 0 Å². The molecule has 0 spiro atoms. The summed E-state index contributed by atoms with van der Waals surface area (Å²) in [6, 6.07) is 6.91. The molecule has 0 saturated heterocycles. The zero-order chi connectivity index (χ0) is 14.5. The summed E-state index contributed by atoms with van der Waals surface area (Å²) < 4.78 is 30.1. The van der Waals surface area contributed by atoms with Gasteiger partial charge in [-0.15, -0.1) is 11.6 Å². The van der Waals surface area contributed by atoms with Gasteiger partial charge in [-0.2, -0.15) is 0 Å². The minimum atomic E-state index is -2.52. The third-order valence-corrected chi connectivity index (χ3v) is 3.00. The fourth-order valence-electron chi connectivity index (χ4n) is 1.87. The van der Waals surface area contributed by atoms with Crippen LogP contribution in [0, 0.1) is 0 Å². The average Bonchev–Trinajstić information content (AvgIpc) is 2.45. The topological polar surface area (TPSA) is 44.1 Å². The number of rotatable bonds is 6. The summed E-state index contributed by atoms with van der Waals surface area (Å²) in [6.45, 7) is -0.494. The molecule has 0 aliphatic carbocycles. The number of fused-ring (bicyclic) bond motifs is 1. The first-order chi connectivity index (χ1) is 9.63. The van der Waals surface area contributed by atoms with E-state index in [0.29, 0.717) is 16.7 Å². The lowest BCUT2D eigenvalue weighted by Crippen LogP contribution is -2.27. The van der Waals surface area contributed by atoms with E-state index in [1.165, 1.54) is 4.57 Å². The van der Waals surface area contributed by atoms with Crippen LogP contribution in [0.3, 0.4) is 0 Å². The van der Waals surface area contributed by atoms with E-state index in [1.807, 2.05) is 0 Å². The minimum Gasteiger partial charge on any atom is -0.374 e. The first kappa shape index (κ1) is 14.9. The van der Waals surface area contributed by atoms with E-state index in [2.05, 4.69) is 4.98 Å². The molecule has 0 saturated carbocycles. The van der Waals surface area contributed by atoms with Crippen molar-refractivity contribution < 1.29 is 13.5 Å². The molecule has 0 bridgehead atoms. The normalized spacial score (nSPS) is 11.4. The van der Waals surface area contributed by atoms with Crippen LogP contribution < -0.4 is 5.56 Å². The van der Waals surface area contributed by atoms with Crippen molar-refractivity contribution >= 4 is 22.5 Å². The zero-order valence-corrected chi connectivity index (χ0v) is 11.3. The number of para-hydroxylation sites is 1. The van der Waals surface area contributed by atoms with Crippen molar-refractivity contribution in [3.8, 4) is 0 Å². The van der Waals surface area contributed by atoms with Crippen LogP contribution in [0.15, 0.2) is 29.1 Å². The smallest absolute Gasteiger partial charge is 0.261 e. The summed E-state index contributed by atoms with van der Waals surface area (Å²) in [4.78, 5) is 16.6. The van der Waals surface area contributed by atoms with Gasteiger partial charge in [-0.1, -0.05) is 12.1 Å². The van der Waals surface area contributed by atoms with Gasteiger partial charge in [-0.25, -0.2) is 13.8 Å². The molecule has 1 aromatic carbocycles. The van der Waals surface area contributed by atoms with Crippen molar-refractivity contribution in [2.24, 2.45) is 0 Å². The van der Waals surface area contributed by atoms with Crippen LogP contribution in [-0.2, 0) is 17.2 Å². The number of benzene rings is 1. The highest BCUT2D eigenvalue weighted by Crippen LogP contribution is 2.09. The molecule has 2 aromatic rings. The van der Waals surface area contributed by atoms with Gasteiger partial charge >= 0.3 is 0 Å². The molecular weight excluding hydrogens is 290 g/mol. The van der Waals surface area contributed by atoms with Crippen LogP contribution in [0.4, 0.5) is 8.78 Å². The Hall–Kier alpha value is -1.53. The molecule has 2 rings (SSSR count). The third kappa shape index (κ3) is 3.32. The maximum Gasteiger partial charge on any atom is 0.261 e. The maximum absolute atomic E-state index is 12.3. The molecular formula is C13H13ClF2N2O2. The van der Waals surface area contributed by atoms with Crippen molar-refractivity contribution in [2.45, 2.75) is 18.9 Å². The lowest BCUT2D eigenvalue weighted by molar-refractivity contribution is 0.0144. The predicted molar refractivity (Wildman–Crippen MR) is 72.4 cm³/mol. The van der Waals surface area contributed by atoms with Gasteiger partial charge < -0.3 is 4.74 Å². The first-order valence-electron chi connectivity index (χ1n) is 6.03. The van der Waals surface area contributed by atoms with Crippen molar-refractivity contribution in [1.82, 2.24) is 9.55 Å². The van der Waals surface area contributed by atoms with E-state index in [9.17, 15) is 13.6 Å². The Bertz CT molecular complexity index is 646. The SMILES string of the molecule is O=c1c2ccccc2nc(CCl)n1CCOCC(F)F. The number of nitrogens with zero attached hydrogens (tertiary/aromatic N) is 2. The monoisotopic (exact) mass is 302 g/mol. The second-order valence-electron chi connectivity index (χ2n) is 4.10. The quantitative estimate of drug-likeness (QED) is 0.608. The first-order valence-corrected chi connectivity index (χ1v) is 6.57. The van der Waals surface area contributed by atoms with Crippen LogP contribution in [0.1, 0.15) is 5.82 Å². The van der Waals surface area contributed by atoms with Gasteiger partial charge in [0.2, 0.25) is 0 Å². The summed E-state index contributed by atoms with van der Waals surface area (Å²) in [7, 11) is 0. The lowest BCUT2D eigenvalue weighted by Gasteiger charge is -2.12. The number of alkyl halides is 3. The molecule has 0 amide bonds. The highest BCUT2D eigenvalue weighted by Gasteiger charge is 2.10. The molecule has 0 fully saturated rings. The summed E-state index contributed by atoms with van der Waals surface area (Å²) in [5.74, 6) is 0.463. The van der Waals surface area contributed by atoms with Crippen LogP contribution in [0.2, 0.25) is 0 Å². The van der Waals surface area contributed by atoms with Gasteiger partial charge in [0.1, 0.15) is 12.4 Å². The molecule has 4 nitrogen and oxygen atoms in total. The van der Waals surface area contributed by atoms with Crippen LogP contribution >= 0.6 is 11.6 Å². The van der Waals surface area contributed by atoms with Gasteiger partial charge in [0.25, 0.3) is 12.0 Å². The van der Waals surface area contributed by atoms with Gasteiger partial charge in [0.15, 0.2) is 0 Å². The Kier molecular flexibility index (Phi) is 5.03. The predicted octanol–water partition coefficient (Wildman–Crippen LogP) is 2.42. The van der Waals surface area contributed by atoms with Gasteiger partial charge in [0, 0.05) is 0 Å². The van der Waals surface area contributed by atoms with E-state index in [-0.39, 0.29) is 24.6 Å². The molecule has 0 N–H and O–H groups in total. The molecule has 20 heavy (non-hydrogen) atoms. The second-order valence-corrected chi connectivity index (χ2v) is 4.37. The molecule has 0 aliphatic rings. The number of hydrogen-bond donors (Lipinski definition) is 0. The second kappa shape index (κ2) is 6.76. The fourth-order valence-corrected chi connectivity index (χ4v) is 2.08. The Morgan fingerprint density at radius 1 is 1.35 bits per heavy atom. The third-order valence-electron chi connectivity index (χ3n) is 2.76. The maximum atomic E-state index is 12.3. The lowest BCUT2D eigenvalue weighted by atomic mass is 10.2. The Morgan fingerprint density at radius 2 is 2.10 bits per heavy atom. The molecule has 7 heteroatoms. The van der Waals surface area contributed by atoms with Crippen LogP contribution in [-0.4, -0.2) is 29.2 Å². The van der Waals surface area contributed by atoms with Crippen molar-refractivity contribution in [2.75, 3.05) is 13.2 Å². The molecule has 1 aromatic heterocycles. The Balaban J connectivity index is 2.27. The molecule has 1 heterocycles. The van der Waals surface area contributed by atoms with E-state index in [1.54, 1.807) is 24.3 Å². The molecule has 0 atom stereocenters. The molecule has 108 valence electrons. The summed E-state index contributed by atoms with van der Waals surface area (Å²) >= 11 is 5.78. The van der Waals surface area contributed by atoms with Gasteiger partial charge in [0.05, 0.1) is 29.9 Å². The van der Waals surface area contributed by atoms with E-state index in [4.69, 9.17) is 16.3 Å². The van der Waals surface area contributed by atoms with Crippen molar-refractivity contribution in [3.05, 3.63) is 40.4 Å². The minimum absolute atomic E-state index is 0.00809. The number of hydrogen-bond acceptors (Lipinski definition) is 3. The largest absolute Gasteiger partial charge is 0.374 e. The highest BCUT2D eigenvalue weighted by molar-refractivity contribution is 6.16.